The van der Waals surface area contributed by atoms with Crippen LogP contribution in [0.5, 0.6) is 0 Å². The van der Waals surface area contributed by atoms with E-state index in [4.69, 9.17) is 11.6 Å². The predicted octanol–water partition coefficient (Wildman–Crippen LogP) is 2.35. The molecule has 112 valence electrons. The number of amides is 1. The Morgan fingerprint density at radius 3 is 2.76 bits per heavy atom. The Labute approximate surface area is 126 Å². The smallest absolute Gasteiger partial charge is 0.331 e. The summed E-state index contributed by atoms with van der Waals surface area (Å²) in [5.41, 5.74) is -3.02. The Balaban J connectivity index is 2.01. The van der Waals surface area contributed by atoms with Gasteiger partial charge >= 0.3 is 11.8 Å². The molecule has 0 bridgehead atoms. The van der Waals surface area contributed by atoms with Crippen LogP contribution in [0.1, 0.15) is 0 Å². The van der Waals surface area contributed by atoms with E-state index in [1.807, 2.05) is 0 Å². The topological polar surface area (TPSA) is 57.6 Å². The maximum Gasteiger partial charge on any atom is 0.442 e. The summed E-state index contributed by atoms with van der Waals surface area (Å²) in [6.07, 6.45) is -3.69. The fourth-order valence-corrected chi connectivity index (χ4v) is 3.14. The number of fused-ring (bicyclic) bond motifs is 1. The number of amidine groups is 1. The lowest BCUT2D eigenvalue weighted by molar-refractivity contribution is -0.185. The minimum Gasteiger partial charge on any atom is -0.331 e. The molecule has 0 spiro atoms. The van der Waals surface area contributed by atoms with E-state index in [2.05, 4.69) is 15.3 Å². The molecule has 1 fully saturated rings. The number of nitrogens with one attached hydrogen (secondary N) is 1. The van der Waals surface area contributed by atoms with Crippen LogP contribution in [0.2, 0.25) is 5.02 Å². The molecule has 2 aliphatic heterocycles. The number of halogens is 4. The first-order valence-electron chi connectivity index (χ1n) is 5.84. The average molecular weight is 337 g/mol. The van der Waals surface area contributed by atoms with Crippen LogP contribution in [0.15, 0.2) is 23.3 Å². The van der Waals surface area contributed by atoms with Crippen LogP contribution in [0, 0.1) is 0 Å². The quantitative estimate of drug-likeness (QED) is 0.900. The van der Waals surface area contributed by atoms with Gasteiger partial charge in [-0.25, -0.2) is 9.98 Å². The number of nitrogens with zero attached hydrogens (tertiary/aromatic N) is 3. The zero-order valence-electron chi connectivity index (χ0n) is 10.3. The maximum absolute atomic E-state index is 13.5. The van der Waals surface area contributed by atoms with Crippen LogP contribution < -0.4 is 5.32 Å². The fourth-order valence-electron chi connectivity index (χ4n) is 2.04. The van der Waals surface area contributed by atoms with Crippen molar-refractivity contribution in [3.05, 3.63) is 23.4 Å². The molecule has 1 amide bonds. The summed E-state index contributed by atoms with van der Waals surface area (Å²) < 4.78 is 40.4. The molecular formula is C11H8ClF3N4OS. The molecule has 3 heterocycles. The Bertz CT molecular complexity index is 621. The first kappa shape index (κ1) is 14.5. The van der Waals surface area contributed by atoms with Crippen molar-refractivity contribution in [3.63, 3.8) is 0 Å². The molecule has 0 saturated carbocycles. The standard InChI is InChI=1S/C11H8ClF3N4OS/c12-6-1-2-7(16-5-6)17-10(11(13,14)15)8(20)19-3-4-21-9(19)18-10/h1-2,5H,3-4H2,(H,16,17)/t10-/m1/s1. The van der Waals surface area contributed by atoms with E-state index >= 15 is 0 Å². The molecule has 1 aromatic heterocycles. The normalized spacial score (nSPS) is 25.0. The highest BCUT2D eigenvalue weighted by molar-refractivity contribution is 8.14. The van der Waals surface area contributed by atoms with Gasteiger partial charge in [0.15, 0.2) is 5.17 Å². The molecule has 1 N–H and O–H groups in total. The highest BCUT2D eigenvalue weighted by atomic mass is 35.5. The number of hydrogen-bond acceptors (Lipinski definition) is 5. The fraction of sp³-hybridized carbons (Fsp3) is 0.364. The van der Waals surface area contributed by atoms with E-state index < -0.39 is 17.7 Å². The van der Waals surface area contributed by atoms with Crippen molar-refractivity contribution in [1.82, 2.24) is 9.88 Å². The minimum absolute atomic E-state index is 0.0822. The summed E-state index contributed by atoms with van der Waals surface area (Å²) >= 11 is 6.76. The number of alkyl halides is 3. The molecule has 0 aliphatic carbocycles. The summed E-state index contributed by atoms with van der Waals surface area (Å²) in [5, 5.41) is 2.47. The third-order valence-electron chi connectivity index (χ3n) is 3.04. The van der Waals surface area contributed by atoms with Gasteiger partial charge in [0.05, 0.1) is 5.02 Å². The van der Waals surface area contributed by atoms with E-state index in [0.717, 1.165) is 16.7 Å². The first-order valence-corrected chi connectivity index (χ1v) is 7.21. The van der Waals surface area contributed by atoms with E-state index in [-0.39, 0.29) is 22.6 Å². The van der Waals surface area contributed by atoms with Gasteiger partial charge in [0.25, 0.3) is 5.91 Å². The number of carbonyl (C=O) groups is 1. The second-order valence-corrected chi connectivity index (χ2v) is 5.89. The van der Waals surface area contributed by atoms with Gasteiger partial charge in [-0.05, 0) is 12.1 Å². The van der Waals surface area contributed by atoms with Crippen LogP contribution in [-0.4, -0.2) is 45.1 Å². The van der Waals surface area contributed by atoms with E-state index in [1.165, 1.54) is 18.3 Å². The van der Waals surface area contributed by atoms with Crippen molar-refractivity contribution in [2.24, 2.45) is 4.99 Å². The zero-order chi connectivity index (χ0) is 15.3. The van der Waals surface area contributed by atoms with Crippen molar-refractivity contribution in [2.75, 3.05) is 17.6 Å². The summed E-state index contributed by atoms with van der Waals surface area (Å²) in [5.74, 6) is -0.718. The first-order chi connectivity index (χ1) is 9.83. The molecule has 1 atom stereocenters. The number of anilines is 1. The summed E-state index contributed by atoms with van der Waals surface area (Å²) in [6.45, 7) is 0.218. The van der Waals surface area contributed by atoms with Gasteiger partial charge in [-0.3, -0.25) is 9.69 Å². The van der Waals surface area contributed by atoms with E-state index in [0.29, 0.717) is 5.75 Å². The number of aromatic nitrogens is 1. The number of aliphatic imine (C=N–C) groups is 1. The van der Waals surface area contributed by atoms with Crippen molar-refractivity contribution in [3.8, 4) is 0 Å². The Morgan fingerprint density at radius 2 is 2.19 bits per heavy atom. The Morgan fingerprint density at radius 1 is 1.43 bits per heavy atom. The SMILES string of the molecule is O=C1N2CCSC2=N[C@@]1(Nc1ccc(Cl)cn1)C(F)(F)F. The summed E-state index contributed by atoms with van der Waals surface area (Å²) in [6, 6.07) is 2.64. The van der Waals surface area contributed by atoms with Crippen molar-refractivity contribution < 1.29 is 18.0 Å². The molecule has 1 saturated heterocycles. The van der Waals surface area contributed by atoms with Crippen LogP contribution in [0.3, 0.4) is 0 Å². The molecule has 3 rings (SSSR count). The molecule has 0 unspecified atom stereocenters. The van der Waals surface area contributed by atoms with Crippen molar-refractivity contribution in [2.45, 2.75) is 11.8 Å². The van der Waals surface area contributed by atoms with Crippen LogP contribution in [0.25, 0.3) is 0 Å². The molecule has 5 nitrogen and oxygen atoms in total. The molecule has 21 heavy (non-hydrogen) atoms. The summed E-state index contributed by atoms with van der Waals surface area (Å²) in [4.78, 5) is 20.6. The average Bonchev–Trinajstić information content (AvgIpc) is 2.95. The van der Waals surface area contributed by atoms with Crippen LogP contribution >= 0.6 is 23.4 Å². The van der Waals surface area contributed by atoms with E-state index in [1.54, 1.807) is 0 Å². The minimum atomic E-state index is -4.89. The third kappa shape index (κ3) is 2.24. The molecular weight excluding hydrogens is 329 g/mol. The lowest BCUT2D eigenvalue weighted by atomic mass is 10.1. The second kappa shape index (κ2) is 4.77. The number of rotatable bonds is 2. The van der Waals surface area contributed by atoms with Gasteiger partial charge in [-0.1, -0.05) is 23.4 Å². The number of carbonyl (C=O) groups excluding carboxylic acids is 1. The molecule has 0 aromatic carbocycles. The van der Waals surface area contributed by atoms with Gasteiger partial charge in [0, 0.05) is 18.5 Å². The van der Waals surface area contributed by atoms with E-state index in [9.17, 15) is 18.0 Å². The monoisotopic (exact) mass is 336 g/mol. The van der Waals surface area contributed by atoms with Gasteiger partial charge in [-0.15, -0.1) is 0 Å². The number of pyridine rings is 1. The zero-order valence-corrected chi connectivity index (χ0v) is 11.9. The largest absolute Gasteiger partial charge is 0.442 e. The molecule has 2 aliphatic rings. The van der Waals surface area contributed by atoms with Crippen molar-refractivity contribution >= 4 is 40.3 Å². The number of thioether (sulfide) groups is 1. The molecule has 0 radical (unpaired) electrons. The second-order valence-electron chi connectivity index (χ2n) is 4.39. The van der Waals surface area contributed by atoms with Crippen LogP contribution in [0.4, 0.5) is 19.0 Å². The lowest BCUT2D eigenvalue weighted by Gasteiger charge is -2.29. The van der Waals surface area contributed by atoms with Gasteiger partial charge in [0.2, 0.25) is 0 Å². The highest BCUT2D eigenvalue weighted by Gasteiger charge is 2.67. The van der Waals surface area contributed by atoms with Gasteiger partial charge in [-0.2, -0.15) is 13.2 Å². The van der Waals surface area contributed by atoms with Gasteiger partial charge in [0.1, 0.15) is 5.82 Å². The highest BCUT2D eigenvalue weighted by Crippen LogP contribution is 2.42. The Kier molecular flexibility index (Phi) is 3.28. The molecule has 1 aromatic rings. The van der Waals surface area contributed by atoms with Crippen molar-refractivity contribution in [1.29, 1.82) is 0 Å². The Hall–Kier alpha value is -1.48. The maximum atomic E-state index is 13.5. The summed E-state index contributed by atoms with van der Waals surface area (Å²) in [7, 11) is 0. The molecule has 10 heteroatoms. The lowest BCUT2D eigenvalue weighted by Crippen LogP contribution is -2.57. The van der Waals surface area contributed by atoms with Gasteiger partial charge < -0.3 is 5.32 Å². The third-order valence-corrected chi connectivity index (χ3v) is 4.22. The predicted molar refractivity (Wildman–Crippen MR) is 73.3 cm³/mol. The van der Waals surface area contributed by atoms with Crippen LogP contribution in [-0.2, 0) is 4.79 Å². The number of hydrogen-bond donors (Lipinski definition) is 1.